The number of aryl methyl sites for hydroxylation is 1. The number of benzene rings is 2. The maximum Gasteiger partial charge on any atom is 0.151 e. The number of fused-ring (bicyclic) bond motifs is 1. The number of hydrogen-bond donors (Lipinski definition) is 0. The standard InChI is InChI=1S/C17H12ClN3/c1-21-16-5-3-2-4-15(16)20-17(21)13(11-19)10-12-6-8-14(18)9-7-12/h2-10H,1H3/b13-10+. The van der Waals surface area contributed by atoms with Gasteiger partial charge in [-0.15, -0.1) is 0 Å². The molecule has 0 saturated heterocycles. The third-order valence-corrected chi connectivity index (χ3v) is 3.58. The van der Waals surface area contributed by atoms with Crippen molar-refractivity contribution in [2.75, 3.05) is 0 Å². The normalized spacial score (nSPS) is 11.6. The Morgan fingerprint density at radius 3 is 2.57 bits per heavy atom. The molecule has 1 heterocycles. The van der Waals surface area contributed by atoms with E-state index in [0.29, 0.717) is 16.4 Å². The zero-order valence-electron chi connectivity index (χ0n) is 11.4. The van der Waals surface area contributed by atoms with Crippen molar-refractivity contribution in [3.63, 3.8) is 0 Å². The Kier molecular flexibility index (Phi) is 3.47. The lowest BCUT2D eigenvalue weighted by atomic mass is 10.1. The van der Waals surface area contributed by atoms with Gasteiger partial charge in [0.15, 0.2) is 5.82 Å². The number of rotatable bonds is 2. The molecule has 0 aliphatic carbocycles. The van der Waals surface area contributed by atoms with Crippen molar-refractivity contribution in [1.82, 2.24) is 9.55 Å². The van der Waals surface area contributed by atoms with E-state index in [0.717, 1.165) is 16.6 Å². The molecular weight excluding hydrogens is 282 g/mol. The first-order valence-electron chi connectivity index (χ1n) is 6.48. The topological polar surface area (TPSA) is 41.6 Å². The molecule has 0 radical (unpaired) electrons. The molecule has 0 bridgehead atoms. The van der Waals surface area contributed by atoms with Crippen LogP contribution in [0.2, 0.25) is 5.02 Å². The summed E-state index contributed by atoms with van der Waals surface area (Å²) < 4.78 is 1.93. The van der Waals surface area contributed by atoms with Crippen LogP contribution in [0.15, 0.2) is 48.5 Å². The van der Waals surface area contributed by atoms with Gasteiger partial charge in [0.05, 0.1) is 16.6 Å². The summed E-state index contributed by atoms with van der Waals surface area (Å²) in [6.45, 7) is 0. The van der Waals surface area contributed by atoms with Gasteiger partial charge in [0, 0.05) is 12.1 Å². The maximum atomic E-state index is 9.45. The van der Waals surface area contributed by atoms with E-state index in [4.69, 9.17) is 11.6 Å². The Bertz CT molecular complexity index is 867. The molecule has 0 amide bonds. The maximum absolute atomic E-state index is 9.45. The minimum atomic E-state index is 0.524. The summed E-state index contributed by atoms with van der Waals surface area (Å²) in [5.41, 5.74) is 3.33. The Morgan fingerprint density at radius 1 is 1.19 bits per heavy atom. The predicted molar refractivity (Wildman–Crippen MR) is 85.7 cm³/mol. The molecule has 3 nitrogen and oxygen atoms in total. The molecule has 0 fully saturated rings. The summed E-state index contributed by atoms with van der Waals surface area (Å²) in [5.74, 6) is 0.661. The van der Waals surface area contributed by atoms with Gasteiger partial charge < -0.3 is 4.57 Å². The van der Waals surface area contributed by atoms with Crippen molar-refractivity contribution >= 4 is 34.3 Å². The number of imidazole rings is 1. The van der Waals surface area contributed by atoms with Crippen LogP contribution in [0, 0.1) is 11.3 Å². The van der Waals surface area contributed by atoms with Crippen molar-refractivity contribution in [2.45, 2.75) is 0 Å². The van der Waals surface area contributed by atoms with E-state index in [-0.39, 0.29) is 0 Å². The molecule has 0 N–H and O–H groups in total. The average molecular weight is 294 g/mol. The molecule has 3 aromatic rings. The second-order valence-electron chi connectivity index (χ2n) is 4.70. The Balaban J connectivity index is 2.12. The molecule has 3 rings (SSSR count). The lowest BCUT2D eigenvalue weighted by Crippen LogP contribution is -1.95. The first kappa shape index (κ1) is 13.4. The molecule has 0 aliphatic rings. The number of aromatic nitrogens is 2. The second-order valence-corrected chi connectivity index (χ2v) is 5.14. The molecule has 102 valence electrons. The Morgan fingerprint density at radius 2 is 1.90 bits per heavy atom. The first-order valence-corrected chi connectivity index (χ1v) is 6.86. The molecule has 2 aromatic carbocycles. The number of nitriles is 1. The van der Waals surface area contributed by atoms with Gasteiger partial charge >= 0.3 is 0 Å². The molecule has 0 aliphatic heterocycles. The van der Waals surface area contributed by atoms with Gasteiger partial charge in [0.25, 0.3) is 0 Å². The van der Waals surface area contributed by atoms with Crippen molar-refractivity contribution in [3.05, 3.63) is 64.9 Å². The summed E-state index contributed by atoms with van der Waals surface area (Å²) in [4.78, 5) is 4.54. The van der Waals surface area contributed by atoms with Gasteiger partial charge in [-0.1, -0.05) is 35.9 Å². The zero-order valence-corrected chi connectivity index (χ0v) is 12.2. The highest BCUT2D eigenvalue weighted by Crippen LogP contribution is 2.22. The summed E-state index contributed by atoms with van der Waals surface area (Å²) in [7, 11) is 1.91. The first-order chi connectivity index (χ1) is 10.2. The summed E-state index contributed by atoms with van der Waals surface area (Å²) in [6, 6.07) is 17.4. The van der Waals surface area contributed by atoms with Crippen molar-refractivity contribution in [1.29, 1.82) is 5.26 Å². The van der Waals surface area contributed by atoms with Gasteiger partial charge in [-0.2, -0.15) is 5.26 Å². The van der Waals surface area contributed by atoms with Crippen LogP contribution in [0.4, 0.5) is 0 Å². The molecular formula is C17H12ClN3. The van der Waals surface area contributed by atoms with Crippen LogP contribution in [0.3, 0.4) is 0 Å². The summed E-state index contributed by atoms with van der Waals surface area (Å²) in [5, 5.41) is 10.1. The Hall–Kier alpha value is -2.57. The smallest absolute Gasteiger partial charge is 0.151 e. The highest BCUT2D eigenvalue weighted by atomic mass is 35.5. The van der Waals surface area contributed by atoms with Crippen LogP contribution in [-0.2, 0) is 7.05 Å². The van der Waals surface area contributed by atoms with E-state index in [1.165, 1.54) is 0 Å². The molecule has 4 heteroatoms. The van der Waals surface area contributed by atoms with Crippen LogP contribution < -0.4 is 0 Å². The van der Waals surface area contributed by atoms with Crippen LogP contribution in [-0.4, -0.2) is 9.55 Å². The van der Waals surface area contributed by atoms with E-state index >= 15 is 0 Å². The number of allylic oxidation sites excluding steroid dienone is 1. The molecule has 0 spiro atoms. The van der Waals surface area contributed by atoms with E-state index < -0.39 is 0 Å². The van der Waals surface area contributed by atoms with E-state index in [1.54, 1.807) is 12.1 Å². The van der Waals surface area contributed by atoms with Crippen LogP contribution in [0.5, 0.6) is 0 Å². The van der Waals surface area contributed by atoms with Gasteiger partial charge in [-0.25, -0.2) is 4.98 Å². The van der Waals surface area contributed by atoms with E-state index in [9.17, 15) is 5.26 Å². The fraction of sp³-hybridized carbons (Fsp3) is 0.0588. The largest absolute Gasteiger partial charge is 0.327 e. The number of para-hydroxylation sites is 2. The monoisotopic (exact) mass is 293 g/mol. The van der Waals surface area contributed by atoms with Crippen molar-refractivity contribution in [3.8, 4) is 6.07 Å². The van der Waals surface area contributed by atoms with Gasteiger partial charge in [0.2, 0.25) is 0 Å². The number of nitrogens with zero attached hydrogens (tertiary/aromatic N) is 3. The van der Waals surface area contributed by atoms with Gasteiger partial charge in [-0.05, 0) is 35.9 Å². The van der Waals surface area contributed by atoms with Crippen molar-refractivity contribution in [2.24, 2.45) is 7.05 Å². The van der Waals surface area contributed by atoms with Gasteiger partial charge in [0.1, 0.15) is 6.07 Å². The molecule has 0 unspecified atom stereocenters. The lowest BCUT2D eigenvalue weighted by molar-refractivity contribution is 0.925. The fourth-order valence-electron chi connectivity index (χ4n) is 2.26. The molecule has 0 atom stereocenters. The molecule has 0 saturated carbocycles. The van der Waals surface area contributed by atoms with Crippen LogP contribution >= 0.6 is 11.6 Å². The highest BCUT2D eigenvalue weighted by Gasteiger charge is 2.11. The molecule has 21 heavy (non-hydrogen) atoms. The van der Waals surface area contributed by atoms with Crippen LogP contribution in [0.25, 0.3) is 22.7 Å². The quantitative estimate of drug-likeness (QED) is 0.661. The summed E-state index contributed by atoms with van der Waals surface area (Å²) in [6.07, 6.45) is 1.82. The van der Waals surface area contributed by atoms with Crippen molar-refractivity contribution < 1.29 is 0 Å². The van der Waals surface area contributed by atoms with Gasteiger partial charge in [-0.3, -0.25) is 0 Å². The lowest BCUT2D eigenvalue weighted by Gasteiger charge is -2.01. The predicted octanol–water partition coefficient (Wildman–Crippen LogP) is 4.29. The number of halogens is 1. The second kappa shape index (κ2) is 5.43. The molecule has 1 aromatic heterocycles. The minimum Gasteiger partial charge on any atom is -0.327 e. The SMILES string of the molecule is Cn1c(/C(C#N)=C/c2ccc(Cl)cc2)nc2ccccc21. The fourth-order valence-corrected chi connectivity index (χ4v) is 2.38. The Labute approximate surface area is 127 Å². The average Bonchev–Trinajstić information content (AvgIpc) is 2.84. The summed E-state index contributed by atoms with van der Waals surface area (Å²) >= 11 is 5.88. The third kappa shape index (κ3) is 2.54. The van der Waals surface area contributed by atoms with E-state index in [2.05, 4.69) is 11.1 Å². The number of hydrogen-bond acceptors (Lipinski definition) is 2. The minimum absolute atomic E-state index is 0.524. The van der Waals surface area contributed by atoms with E-state index in [1.807, 2.05) is 54.1 Å². The third-order valence-electron chi connectivity index (χ3n) is 3.33. The van der Waals surface area contributed by atoms with Crippen LogP contribution in [0.1, 0.15) is 11.4 Å². The highest BCUT2D eigenvalue weighted by molar-refractivity contribution is 6.30. The zero-order chi connectivity index (χ0) is 14.8.